The third-order valence-corrected chi connectivity index (χ3v) is 1.25. The minimum atomic E-state index is -1.16. The standard InChI is InChI=1S/C7H4F2N2/c8-5-2-1-4(3-10)7(11)6(5)9/h1-2H,11H2. The van der Waals surface area contributed by atoms with Gasteiger partial charge in [0.2, 0.25) is 0 Å². The van der Waals surface area contributed by atoms with Crippen LogP contribution in [0.3, 0.4) is 0 Å². The number of nitrogens with zero attached hydrogens (tertiary/aromatic N) is 1. The Morgan fingerprint density at radius 1 is 1.36 bits per heavy atom. The molecule has 2 N–H and O–H groups in total. The molecule has 1 rings (SSSR count). The molecule has 11 heavy (non-hydrogen) atoms. The van der Waals surface area contributed by atoms with E-state index in [1.165, 1.54) is 0 Å². The summed E-state index contributed by atoms with van der Waals surface area (Å²) in [5.41, 5.74) is 4.57. The van der Waals surface area contributed by atoms with Crippen LogP contribution in [0.5, 0.6) is 0 Å². The van der Waals surface area contributed by atoms with E-state index >= 15 is 0 Å². The molecular weight excluding hydrogens is 150 g/mol. The maximum Gasteiger partial charge on any atom is 0.183 e. The zero-order valence-corrected chi connectivity index (χ0v) is 5.44. The van der Waals surface area contributed by atoms with Crippen molar-refractivity contribution in [2.75, 3.05) is 5.73 Å². The van der Waals surface area contributed by atoms with Crippen LogP contribution in [0.2, 0.25) is 0 Å². The third kappa shape index (κ3) is 1.13. The Hall–Kier alpha value is -1.63. The molecule has 4 heteroatoms. The predicted molar refractivity (Wildman–Crippen MR) is 35.5 cm³/mol. The molecule has 0 amide bonds. The number of rotatable bonds is 0. The van der Waals surface area contributed by atoms with Gasteiger partial charge in [-0.25, -0.2) is 8.78 Å². The second-order valence-electron chi connectivity index (χ2n) is 1.93. The van der Waals surface area contributed by atoms with Crippen LogP contribution < -0.4 is 5.73 Å². The fourth-order valence-corrected chi connectivity index (χ4v) is 0.664. The highest BCUT2D eigenvalue weighted by Crippen LogP contribution is 2.17. The largest absolute Gasteiger partial charge is 0.395 e. The van der Waals surface area contributed by atoms with Crippen molar-refractivity contribution in [3.8, 4) is 6.07 Å². The summed E-state index contributed by atoms with van der Waals surface area (Å²) in [6.45, 7) is 0. The third-order valence-electron chi connectivity index (χ3n) is 1.25. The van der Waals surface area contributed by atoms with Crippen molar-refractivity contribution in [1.29, 1.82) is 5.26 Å². The molecule has 0 bridgehead atoms. The first-order valence-electron chi connectivity index (χ1n) is 2.80. The zero-order valence-electron chi connectivity index (χ0n) is 5.44. The summed E-state index contributed by atoms with van der Waals surface area (Å²) in [6, 6.07) is 3.63. The van der Waals surface area contributed by atoms with Crippen LogP contribution in [0, 0.1) is 23.0 Å². The van der Waals surface area contributed by atoms with Gasteiger partial charge in [-0.3, -0.25) is 0 Å². The lowest BCUT2D eigenvalue weighted by atomic mass is 10.2. The van der Waals surface area contributed by atoms with Gasteiger partial charge in [0.05, 0.1) is 11.3 Å². The van der Waals surface area contributed by atoms with Crippen LogP contribution in [0.1, 0.15) is 5.56 Å². The van der Waals surface area contributed by atoms with Crippen molar-refractivity contribution in [1.82, 2.24) is 0 Å². The Bertz CT molecular complexity index is 328. The molecule has 0 saturated carbocycles. The molecule has 0 spiro atoms. The lowest BCUT2D eigenvalue weighted by Crippen LogP contribution is -1.97. The van der Waals surface area contributed by atoms with Gasteiger partial charge in [-0.05, 0) is 12.1 Å². The van der Waals surface area contributed by atoms with E-state index in [0.29, 0.717) is 0 Å². The highest BCUT2D eigenvalue weighted by molar-refractivity contribution is 5.54. The van der Waals surface area contributed by atoms with Crippen molar-refractivity contribution < 1.29 is 8.78 Å². The fourth-order valence-electron chi connectivity index (χ4n) is 0.664. The van der Waals surface area contributed by atoms with Gasteiger partial charge in [0, 0.05) is 0 Å². The van der Waals surface area contributed by atoms with Gasteiger partial charge in [0.1, 0.15) is 6.07 Å². The molecule has 0 atom stereocenters. The molecule has 0 fully saturated rings. The Kier molecular flexibility index (Phi) is 1.73. The number of nitrogen functional groups attached to an aromatic ring is 1. The summed E-state index contributed by atoms with van der Waals surface area (Å²) in [6.07, 6.45) is 0. The summed E-state index contributed by atoms with van der Waals surface area (Å²) in [5.74, 6) is -2.20. The van der Waals surface area contributed by atoms with Crippen molar-refractivity contribution >= 4 is 5.69 Å². The average Bonchev–Trinajstić information content (AvgIpc) is 2.01. The van der Waals surface area contributed by atoms with Gasteiger partial charge in [-0.1, -0.05) is 0 Å². The Morgan fingerprint density at radius 2 is 2.00 bits per heavy atom. The predicted octanol–water partition coefficient (Wildman–Crippen LogP) is 1.42. The van der Waals surface area contributed by atoms with Crippen LogP contribution in [0.4, 0.5) is 14.5 Å². The van der Waals surface area contributed by atoms with E-state index in [1.54, 1.807) is 6.07 Å². The second-order valence-corrected chi connectivity index (χ2v) is 1.93. The maximum absolute atomic E-state index is 12.5. The number of benzene rings is 1. The van der Waals surface area contributed by atoms with E-state index in [4.69, 9.17) is 11.0 Å². The molecule has 1 aromatic carbocycles. The monoisotopic (exact) mass is 154 g/mol. The minimum Gasteiger partial charge on any atom is -0.395 e. The Balaban J connectivity index is 3.40. The van der Waals surface area contributed by atoms with Gasteiger partial charge in [0.25, 0.3) is 0 Å². The second kappa shape index (κ2) is 2.54. The lowest BCUT2D eigenvalue weighted by Gasteiger charge is -1.98. The first-order chi connectivity index (χ1) is 5.16. The summed E-state index contributed by atoms with van der Waals surface area (Å²) in [4.78, 5) is 0. The summed E-state index contributed by atoms with van der Waals surface area (Å²) < 4.78 is 24.9. The van der Waals surface area contributed by atoms with Crippen molar-refractivity contribution in [3.63, 3.8) is 0 Å². The Morgan fingerprint density at radius 3 is 2.55 bits per heavy atom. The van der Waals surface area contributed by atoms with Gasteiger partial charge < -0.3 is 5.73 Å². The van der Waals surface area contributed by atoms with Crippen LogP contribution >= 0.6 is 0 Å². The summed E-state index contributed by atoms with van der Waals surface area (Å²) in [5, 5.41) is 8.31. The molecule has 0 aliphatic heterocycles. The van der Waals surface area contributed by atoms with E-state index in [2.05, 4.69) is 0 Å². The number of nitriles is 1. The van der Waals surface area contributed by atoms with Crippen LogP contribution in [0.15, 0.2) is 12.1 Å². The quantitative estimate of drug-likeness (QED) is 0.574. The average molecular weight is 154 g/mol. The normalized spacial score (nSPS) is 9.18. The van der Waals surface area contributed by atoms with Crippen LogP contribution in [-0.2, 0) is 0 Å². The first-order valence-corrected chi connectivity index (χ1v) is 2.80. The zero-order chi connectivity index (χ0) is 8.43. The summed E-state index contributed by atoms with van der Waals surface area (Å²) in [7, 11) is 0. The maximum atomic E-state index is 12.5. The van der Waals surface area contributed by atoms with Crippen LogP contribution in [0.25, 0.3) is 0 Å². The van der Waals surface area contributed by atoms with Crippen molar-refractivity contribution in [3.05, 3.63) is 29.3 Å². The molecule has 0 aliphatic rings. The molecule has 0 heterocycles. The van der Waals surface area contributed by atoms with Crippen molar-refractivity contribution in [2.45, 2.75) is 0 Å². The van der Waals surface area contributed by atoms with E-state index in [0.717, 1.165) is 12.1 Å². The molecule has 0 aromatic heterocycles. The molecule has 0 radical (unpaired) electrons. The smallest absolute Gasteiger partial charge is 0.183 e. The van der Waals surface area contributed by atoms with E-state index in [1.807, 2.05) is 0 Å². The summed E-state index contributed by atoms with van der Waals surface area (Å²) >= 11 is 0. The first kappa shape index (κ1) is 7.48. The number of nitrogens with two attached hydrogens (primary N) is 1. The number of hydrogen-bond donors (Lipinski definition) is 1. The van der Waals surface area contributed by atoms with Crippen molar-refractivity contribution in [2.24, 2.45) is 0 Å². The highest BCUT2D eigenvalue weighted by Gasteiger charge is 2.08. The Labute approximate surface area is 61.9 Å². The molecule has 1 aromatic rings. The van der Waals surface area contributed by atoms with E-state index in [9.17, 15) is 8.78 Å². The SMILES string of the molecule is N#Cc1ccc(F)c(F)c1N. The molecule has 0 unspecified atom stereocenters. The van der Waals surface area contributed by atoms with Gasteiger partial charge >= 0.3 is 0 Å². The molecule has 0 aliphatic carbocycles. The van der Waals surface area contributed by atoms with E-state index < -0.39 is 17.3 Å². The number of halogens is 2. The topological polar surface area (TPSA) is 49.8 Å². The van der Waals surface area contributed by atoms with Gasteiger partial charge in [-0.2, -0.15) is 5.26 Å². The molecule has 0 saturated heterocycles. The van der Waals surface area contributed by atoms with Gasteiger partial charge in [0.15, 0.2) is 11.6 Å². The van der Waals surface area contributed by atoms with Gasteiger partial charge in [-0.15, -0.1) is 0 Å². The fraction of sp³-hybridized carbons (Fsp3) is 0. The molecular formula is C7H4F2N2. The number of anilines is 1. The highest BCUT2D eigenvalue weighted by atomic mass is 19.2. The molecule has 2 nitrogen and oxygen atoms in total. The number of hydrogen-bond acceptors (Lipinski definition) is 2. The minimum absolute atomic E-state index is 0.0519. The molecule has 56 valence electrons. The van der Waals surface area contributed by atoms with E-state index in [-0.39, 0.29) is 5.56 Å². The van der Waals surface area contributed by atoms with Crippen LogP contribution in [-0.4, -0.2) is 0 Å². The lowest BCUT2D eigenvalue weighted by molar-refractivity contribution is 0.512.